The van der Waals surface area contributed by atoms with Gasteiger partial charge in [0, 0.05) is 5.33 Å². The van der Waals surface area contributed by atoms with Crippen LogP contribution in [0.3, 0.4) is 0 Å². The lowest BCUT2D eigenvalue weighted by Gasteiger charge is -2.38. The molecule has 0 bridgehead atoms. The maximum absolute atomic E-state index is 11.9. The molecule has 0 saturated heterocycles. The summed E-state index contributed by atoms with van der Waals surface area (Å²) in [6.45, 7) is 1.57. The van der Waals surface area contributed by atoms with Crippen LogP contribution in [-0.4, -0.2) is 22.2 Å². The maximum atomic E-state index is 11.9. The van der Waals surface area contributed by atoms with E-state index >= 15 is 0 Å². The van der Waals surface area contributed by atoms with Crippen LogP contribution >= 0.6 is 15.9 Å². The van der Waals surface area contributed by atoms with E-state index in [0.717, 1.165) is 5.56 Å². The van der Waals surface area contributed by atoms with Crippen LogP contribution < -0.4 is 0 Å². The Morgan fingerprint density at radius 1 is 1.19 bits per heavy atom. The van der Waals surface area contributed by atoms with E-state index in [1.165, 1.54) is 0 Å². The molecule has 21 heavy (non-hydrogen) atoms. The normalized spacial score (nSPS) is 28.3. The first-order valence-corrected chi connectivity index (χ1v) is 7.76. The number of benzene rings is 1. The van der Waals surface area contributed by atoms with Crippen molar-refractivity contribution in [3.63, 3.8) is 0 Å². The van der Waals surface area contributed by atoms with E-state index in [1.807, 2.05) is 12.1 Å². The predicted octanol–water partition coefficient (Wildman–Crippen LogP) is 3.34. The average molecular weight is 353 g/mol. The van der Waals surface area contributed by atoms with Crippen molar-refractivity contribution in [3.8, 4) is 0 Å². The average Bonchev–Trinajstić information content (AvgIpc) is 2.47. The number of hydrogen-bond donors (Lipinski definition) is 2. The van der Waals surface area contributed by atoms with Crippen LogP contribution in [0.15, 0.2) is 36.4 Å². The Labute approximate surface area is 131 Å². The van der Waals surface area contributed by atoms with Crippen LogP contribution in [0.5, 0.6) is 0 Å². The Morgan fingerprint density at radius 2 is 1.81 bits per heavy atom. The lowest BCUT2D eigenvalue weighted by atomic mass is 9.63. The molecule has 1 aromatic carbocycles. The summed E-state index contributed by atoms with van der Waals surface area (Å²) in [5.41, 5.74) is -0.652. The third kappa shape index (κ3) is 2.75. The molecule has 2 atom stereocenters. The van der Waals surface area contributed by atoms with Crippen molar-refractivity contribution in [1.82, 2.24) is 0 Å². The number of carbonyl (C=O) groups is 2. The van der Waals surface area contributed by atoms with Crippen molar-refractivity contribution in [2.24, 2.45) is 5.41 Å². The fraction of sp³-hybridized carbons (Fsp3) is 0.375. The molecule has 2 rings (SSSR count). The van der Waals surface area contributed by atoms with E-state index in [2.05, 4.69) is 15.9 Å². The maximum Gasteiger partial charge on any atom is 0.314 e. The molecular formula is C16H17BrO4. The summed E-state index contributed by atoms with van der Waals surface area (Å²) >= 11 is 3.35. The molecule has 1 aliphatic carbocycles. The molecule has 0 fully saturated rings. The first-order valence-electron chi connectivity index (χ1n) is 6.64. The third-order valence-corrected chi connectivity index (χ3v) is 4.83. The standard InChI is InChI=1S/C16H17BrO4/c1-15(13(18)19)7-2-8-16(10-15,14(20)21)12-5-3-11(9-17)4-6-12/h2-7H,8-10H2,1H3,(H,18,19)(H,20,21). The Balaban J connectivity index is 2.49. The highest BCUT2D eigenvalue weighted by Gasteiger charge is 2.49. The van der Waals surface area contributed by atoms with Crippen LogP contribution in [0, 0.1) is 5.41 Å². The number of alkyl halides is 1. The lowest BCUT2D eigenvalue weighted by molar-refractivity contribution is -0.151. The van der Waals surface area contributed by atoms with Gasteiger partial charge in [-0.2, -0.15) is 0 Å². The van der Waals surface area contributed by atoms with Gasteiger partial charge in [0.25, 0.3) is 0 Å². The Bertz CT molecular complexity index is 593. The molecule has 0 aromatic heterocycles. The molecule has 0 radical (unpaired) electrons. The van der Waals surface area contributed by atoms with Crippen LogP contribution in [0.1, 0.15) is 30.9 Å². The summed E-state index contributed by atoms with van der Waals surface area (Å²) in [7, 11) is 0. The van der Waals surface area contributed by atoms with Crippen molar-refractivity contribution < 1.29 is 19.8 Å². The van der Waals surface area contributed by atoms with E-state index in [1.54, 1.807) is 31.2 Å². The van der Waals surface area contributed by atoms with Gasteiger partial charge in [-0.25, -0.2) is 0 Å². The zero-order valence-electron chi connectivity index (χ0n) is 11.7. The van der Waals surface area contributed by atoms with Crippen LogP contribution in [-0.2, 0) is 20.3 Å². The van der Waals surface area contributed by atoms with Gasteiger partial charge in [-0.05, 0) is 30.9 Å². The zero-order valence-corrected chi connectivity index (χ0v) is 13.3. The summed E-state index contributed by atoms with van der Waals surface area (Å²) in [6, 6.07) is 7.30. The zero-order chi connectivity index (χ0) is 15.7. The molecule has 1 aliphatic rings. The van der Waals surface area contributed by atoms with Crippen molar-refractivity contribution in [2.45, 2.75) is 30.5 Å². The van der Waals surface area contributed by atoms with Gasteiger partial charge in [0.15, 0.2) is 0 Å². The second-order valence-electron chi connectivity index (χ2n) is 5.72. The van der Waals surface area contributed by atoms with Crippen molar-refractivity contribution in [3.05, 3.63) is 47.5 Å². The Morgan fingerprint density at radius 3 is 2.29 bits per heavy atom. The monoisotopic (exact) mass is 352 g/mol. The SMILES string of the molecule is CC1(C(=O)O)C=CCC(C(=O)O)(c2ccc(CBr)cc2)C1. The van der Waals surface area contributed by atoms with Crippen molar-refractivity contribution in [2.75, 3.05) is 0 Å². The molecule has 2 unspecified atom stereocenters. The van der Waals surface area contributed by atoms with E-state index < -0.39 is 22.8 Å². The molecule has 5 heteroatoms. The van der Waals surface area contributed by atoms with Gasteiger partial charge in [-0.15, -0.1) is 0 Å². The smallest absolute Gasteiger partial charge is 0.314 e. The molecule has 2 N–H and O–H groups in total. The van der Waals surface area contributed by atoms with Gasteiger partial charge >= 0.3 is 11.9 Å². The highest BCUT2D eigenvalue weighted by atomic mass is 79.9. The fourth-order valence-electron chi connectivity index (χ4n) is 2.84. The van der Waals surface area contributed by atoms with Gasteiger partial charge in [0.2, 0.25) is 0 Å². The molecule has 112 valence electrons. The van der Waals surface area contributed by atoms with Crippen LogP contribution in [0.2, 0.25) is 0 Å². The number of rotatable bonds is 4. The topological polar surface area (TPSA) is 74.6 Å². The minimum Gasteiger partial charge on any atom is -0.481 e. The van der Waals surface area contributed by atoms with Gasteiger partial charge in [-0.3, -0.25) is 9.59 Å². The first kappa shape index (κ1) is 15.8. The molecule has 0 heterocycles. The summed E-state index contributed by atoms with van der Waals surface area (Å²) in [6.07, 6.45) is 3.63. The van der Waals surface area contributed by atoms with Gasteiger partial charge < -0.3 is 10.2 Å². The molecule has 0 amide bonds. The van der Waals surface area contributed by atoms with Crippen molar-refractivity contribution >= 4 is 27.9 Å². The summed E-state index contributed by atoms with van der Waals surface area (Å²) in [5, 5.41) is 19.8. The highest BCUT2D eigenvalue weighted by molar-refractivity contribution is 9.08. The summed E-state index contributed by atoms with van der Waals surface area (Å²) in [4.78, 5) is 23.4. The number of hydrogen-bond acceptors (Lipinski definition) is 2. The number of allylic oxidation sites excluding steroid dienone is 1. The van der Waals surface area contributed by atoms with Crippen LogP contribution in [0.25, 0.3) is 0 Å². The first-order chi connectivity index (χ1) is 9.84. The minimum atomic E-state index is -1.19. The Hall–Kier alpha value is -1.62. The largest absolute Gasteiger partial charge is 0.481 e. The van der Waals surface area contributed by atoms with Crippen LogP contribution in [0.4, 0.5) is 0 Å². The summed E-state index contributed by atoms with van der Waals surface area (Å²) in [5.74, 6) is -1.98. The fourth-order valence-corrected chi connectivity index (χ4v) is 3.22. The molecule has 0 spiro atoms. The number of carboxylic acid groups (broad SMARTS) is 2. The van der Waals surface area contributed by atoms with Crippen molar-refractivity contribution in [1.29, 1.82) is 0 Å². The predicted molar refractivity (Wildman–Crippen MR) is 82.5 cm³/mol. The minimum absolute atomic E-state index is 0.0504. The summed E-state index contributed by atoms with van der Waals surface area (Å²) < 4.78 is 0. The van der Waals surface area contributed by atoms with E-state index in [-0.39, 0.29) is 6.42 Å². The molecule has 0 saturated carbocycles. The van der Waals surface area contributed by atoms with Gasteiger partial charge in [0.1, 0.15) is 0 Å². The molecular weight excluding hydrogens is 336 g/mol. The highest BCUT2D eigenvalue weighted by Crippen LogP contribution is 2.45. The second-order valence-corrected chi connectivity index (χ2v) is 6.28. The number of halogens is 1. The Kier molecular flexibility index (Phi) is 4.23. The number of carboxylic acids is 2. The van der Waals surface area contributed by atoms with E-state index in [0.29, 0.717) is 17.3 Å². The molecule has 4 nitrogen and oxygen atoms in total. The lowest BCUT2D eigenvalue weighted by Crippen LogP contribution is -2.44. The quantitative estimate of drug-likeness (QED) is 0.643. The van der Waals surface area contributed by atoms with Gasteiger partial charge in [0.05, 0.1) is 10.8 Å². The molecule has 0 aliphatic heterocycles. The van der Waals surface area contributed by atoms with E-state index in [9.17, 15) is 19.8 Å². The van der Waals surface area contributed by atoms with Gasteiger partial charge in [-0.1, -0.05) is 52.3 Å². The van der Waals surface area contributed by atoms with E-state index in [4.69, 9.17) is 0 Å². The number of aliphatic carboxylic acids is 2. The second kappa shape index (κ2) is 5.64. The third-order valence-electron chi connectivity index (χ3n) is 4.18. The molecule has 1 aromatic rings.